The van der Waals surface area contributed by atoms with Crippen LogP contribution < -0.4 is 5.32 Å². The van der Waals surface area contributed by atoms with Gasteiger partial charge in [-0.2, -0.15) is 0 Å². The molecule has 2 nitrogen and oxygen atoms in total. The monoisotopic (exact) mass is 145 g/mol. The molecule has 3 heteroatoms. The molecule has 0 aliphatic heterocycles. The van der Waals surface area contributed by atoms with Gasteiger partial charge in [0.2, 0.25) is 0 Å². The molecule has 0 spiro atoms. The summed E-state index contributed by atoms with van der Waals surface area (Å²) in [4.78, 5) is 7.18. The molecule has 2 heterocycles. The van der Waals surface area contributed by atoms with Gasteiger partial charge in [-0.05, 0) is 23.5 Å². The number of nitrogens with one attached hydrogen (secondary N) is 1. The Kier molecular flexibility index (Phi) is 1.11. The summed E-state index contributed by atoms with van der Waals surface area (Å²) in [5.74, 6) is 0. The number of pyridine rings is 1. The summed E-state index contributed by atoms with van der Waals surface area (Å²) in [5, 5.41) is 2.10. The fourth-order valence-corrected chi connectivity index (χ4v) is 1.23. The van der Waals surface area contributed by atoms with E-state index in [1.165, 1.54) is 0 Å². The zero-order valence-corrected chi connectivity index (χ0v) is 6.26. The van der Waals surface area contributed by atoms with Crippen LogP contribution in [0.25, 0.3) is 11.0 Å². The molecule has 0 fully saturated rings. The number of aromatic amines is 1. The molecule has 0 aliphatic carbocycles. The first kappa shape index (κ1) is 5.67. The predicted octanol–water partition coefficient (Wildman–Crippen LogP) is 0.357. The van der Waals surface area contributed by atoms with Crippen molar-refractivity contribution in [3.63, 3.8) is 0 Å². The molecule has 0 saturated heterocycles. The summed E-state index contributed by atoms with van der Waals surface area (Å²) in [7, 11) is 3.38. The van der Waals surface area contributed by atoms with E-state index in [0.29, 0.717) is 0 Å². The van der Waals surface area contributed by atoms with Gasteiger partial charge in [-0.3, -0.25) is 0 Å². The maximum Gasteiger partial charge on any atom is 0.137 e. The van der Waals surface area contributed by atoms with Crippen LogP contribution in [0.4, 0.5) is 0 Å². The predicted molar refractivity (Wildman–Crippen MR) is 41.5 cm³/mol. The van der Waals surface area contributed by atoms with Crippen molar-refractivity contribution in [1.29, 1.82) is 0 Å². The molecule has 0 aliphatic rings. The summed E-state index contributed by atoms with van der Waals surface area (Å²) in [6, 6.07) is 5.93. The Bertz CT molecular complexity index is 320. The lowest BCUT2D eigenvalue weighted by Crippen LogP contribution is -1.99. The number of hydrogen-bond acceptors (Lipinski definition) is 1. The van der Waals surface area contributed by atoms with Gasteiger partial charge in [0.05, 0.1) is 10.2 Å². The minimum atomic E-state index is 0.924. The van der Waals surface area contributed by atoms with Crippen LogP contribution in [0.5, 0.6) is 0 Å². The molecule has 0 saturated carbocycles. The average molecular weight is 145 g/mol. The molecule has 0 bridgehead atoms. The van der Waals surface area contributed by atoms with E-state index in [4.69, 9.17) is 0 Å². The molecule has 47 valence electrons. The lowest BCUT2D eigenvalue weighted by Gasteiger charge is -1.82. The van der Waals surface area contributed by atoms with Crippen LogP contribution in [0, 0.1) is 0 Å². The van der Waals surface area contributed by atoms with Crippen LogP contribution in [-0.2, 0) is 0 Å². The molecule has 1 N–H and O–H groups in total. The van der Waals surface area contributed by atoms with Crippen molar-refractivity contribution in [2.75, 3.05) is 0 Å². The highest BCUT2D eigenvalue weighted by molar-refractivity contribution is 6.32. The van der Waals surface area contributed by atoms with Crippen LogP contribution in [-0.4, -0.2) is 20.2 Å². The second-order valence-corrected chi connectivity index (χ2v) is 2.66. The Morgan fingerprint density at radius 2 is 2.40 bits per heavy atom. The van der Waals surface area contributed by atoms with E-state index in [1.807, 2.05) is 18.2 Å². The molecule has 0 aromatic carbocycles. The summed E-state index contributed by atoms with van der Waals surface area (Å²) in [5.41, 5.74) is 0.924. The number of fused-ring (bicyclic) bond motifs is 1. The molecule has 2 aromatic rings. The van der Waals surface area contributed by atoms with Crippen LogP contribution in [0.3, 0.4) is 0 Å². The van der Waals surface area contributed by atoms with Crippen LogP contribution in [0.2, 0.25) is 0 Å². The van der Waals surface area contributed by atoms with E-state index in [-0.39, 0.29) is 0 Å². The van der Waals surface area contributed by atoms with Crippen molar-refractivity contribution < 1.29 is 0 Å². The Morgan fingerprint density at radius 3 is 3.20 bits per heavy atom. The molecular weight excluding hydrogens is 140 g/mol. The van der Waals surface area contributed by atoms with E-state index < -0.39 is 0 Å². The van der Waals surface area contributed by atoms with Crippen molar-refractivity contribution >= 4 is 26.6 Å². The number of H-pyrrole nitrogens is 1. The van der Waals surface area contributed by atoms with Crippen molar-refractivity contribution in [2.24, 2.45) is 0 Å². The highest BCUT2D eigenvalue weighted by atomic mass is 28.1. The molecule has 0 atom stereocenters. The van der Waals surface area contributed by atoms with Gasteiger partial charge in [0.15, 0.2) is 0 Å². The highest BCUT2D eigenvalue weighted by Gasteiger charge is 1.93. The first-order valence-corrected chi connectivity index (χ1v) is 3.51. The topological polar surface area (TPSA) is 28.7 Å². The largest absolute Gasteiger partial charge is 0.348 e. The number of aromatic nitrogens is 2. The SMILES string of the molecule is [Si]c1cc2cccnc2[nH]1. The van der Waals surface area contributed by atoms with E-state index in [0.717, 1.165) is 16.4 Å². The highest BCUT2D eigenvalue weighted by Crippen LogP contribution is 2.04. The van der Waals surface area contributed by atoms with Crippen LogP contribution in [0.1, 0.15) is 0 Å². The van der Waals surface area contributed by atoms with Gasteiger partial charge >= 0.3 is 0 Å². The fourth-order valence-electron chi connectivity index (χ4n) is 0.958. The molecule has 2 rings (SSSR count). The second kappa shape index (κ2) is 1.95. The normalized spacial score (nSPS) is 10.5. The van der Waals surface area contributed by atoms with E-state index >= 15 is 0 Å². The van der Waals surface area contributed by atoms with Crippen molar-refractivity contribution in [3.8, 4) is 0 Å². The first-order chi connectivity index (χ1) is 4.86. The maximum atomic E-state index is 4.12. The van der Waals surface area contributed by atoms with E-state index in [9.17, 15) is 0 Å². The third-order valence-corrected chi connectivity index (χ3v) is 1.66. The summed E-state index contributed by atoms with van der Waals surface area (Å²) >= 11 is 0. The van der Waals surface area contributed by atoms with Crippen molar-refractivity contribution in [1.82, 2.24) is 9.97 Å². The Balaban J connectivity index is 2.88. The zero-order valence-electron chi connectivity index (χ0n) is 5.26. The van der Waals surface area contributed by atoms with Crippen molar-refractivity contribution in [3.05, 3.63) is 24.4 Å². The number of rotatable bonds is 0. The average Bonchev–Trinajstić information content (AvgIpc) is 2.27. The Morgan fingerprint density at radius 1 is 1.50 bits per heavy atom. The van der Waals surface area contributed by atoms with Gasteiger partial charge in [0.1, 0.15) is 5.65 Å². The fraction of sp³-hybridized carbons (Fsp3) is 0. The molecular formula is C7H5N2Si. The maximum absolute atomic E-state index is 4.12. The van der Waals surface area contributed by atoms with Gasteiger partial charge in [-0.15, -0.1) is 0 Å². The van der Waals surface area contributed by atoms with E-state index in [2.05, 4.69) is 20.2 Å². The van der Waals surface area contributed by atoms with Crippen LogP contribution >= 0.6 is 0 Å². The van der Waals surface area contributed by atoms with Crippen LogP contribution in [0.15, 0.2) is 24.4 Å². The number of hydrogen-bond donors (Lipinski definition) is 1. The number of nitrogens with zero attached hydrogens (tertiary/aromatic N) is 1. The lowest BCUT2D eigenvalue weighted by atomic mass is 10.3. The quantitative estimate of drug-likeness (QED) is 0.533. The van der Waals surface area contributed by atoms with Gasteiger partial charge in [-0.25, -0.2) is 4.98 Å². The van der Waals surface area contributed by atoms with Gasteiger partial charge in [0.25, 0.3) is 0 Å². The lowest BCUT2D eigenvalue weighted by molar-refractivity contribution is 1.34. The minimum Gasteiger partial charge on any atom is -0.348 e. The smallest absolute Gasteiger partial charge is 0.137 e. The molecule has 3 radical (unpaired) electrons. The molecule has 0 amide bonds. The first-order valence-electron chi connectivity index (χ1n) is 3.01. The standard InChI is InChI=1S/C7H5N2Si/c10-6-4-5-2-1-3-8-7(5)9-6/h1-4H,(H,8,9). The summed E-state index contributed by atoms with van der Waals surface area (Å²) in [6.07, 6.45) is 1.77. The zero-order chi connectivity index (χ0) is 6.97. The molecule has 2 aromatic heterocycles. The van der Waals surface area contributed by atoms with E-state index in [1.54, 1.807) is 6.20 Å². The van der Waals surface area contributed by atoms with Crippen molar-refractivity contribution in [2.45, 2.75) is 0 Å². The Labute approximate surface area is 61.7 Å². The summed E-state index contributed by atoms with van der Waals surface area (Å²) < 4.78 is 0. The third kappa shape index (κ3) is 0.752. The minimum absolute atomic E-state index is 0.924. The molecule has 0 unspecified atom stereocenters. The van der Waals surface area contributed by atoms with Gasteiger partial charge in [-0.1, -0.05) is 0 Å². The van der Waals surface area contributed by atoms with Gasteiger partial charge < -0.3 is 4.98 Å². The second-order valence-electron chi connectivity index (χ2n) is 2.12. The molecule has 10 heavy (non-hydrogen) atoms. The Hall–Kier alpha value is -1.09. The third-order valence-electron chi connectivity index (χ3n) is 1.39. The summed E-state index contributed by atoms with van der Waals surface area (Å²) in [6.45, 7) is 0. The van der Waals surface area contributed by atoms with Gasteiger partial charge in [0, 0.05) is 11.6 Å².